The molecule has 0 radical (unpaired) electrons. The Bertz CT molecular complexity index is 1560. The van der Waals surface area contributed by atoms with Gasteiger partial charge in [0.1, 0.15) is 17.2 Å². The van der Waals surface area contributed by atoms with Gasteiger partial charge < -0.3 is 28.8 Å². The predicted octanol–water partition coefficient (Wildman–Crippen LogP) is 5.90. The van der Waals surface area contributed by atoms with E-state index in [2.05, 4.69) is 0 Å². The van der Waals surface area contributed by atoms with Crippen LogP contribution in [0.2, 0.25) is 0 Å². The number of hydrogen-bond donors (Lipinski definition) is 1. The van der Waals surface area contributed by atoms with Crippen LogP contribution in [-0.4, -0.2) is 38.1 Å². The lowest BCUT2D eigenvalue weighted by Crippen LogP contribution is -2.52. The van der Waals surface area contributed by atoms with Gasteiger partial charge in [0.05, 0.1) is 26.1 Å². The molecule has 2 atom stereocenters. The average molecular weight is 553 g/mol. The van der Waals surface area contributed by atoms with E-state index in [1.165, 1.54) is 14.2 Å². The molecule has 1 saturated carbocycles. The normalized spacial score (nSPS) is 20.5. The van der Waals surface area contributed by atoms with E-state index in [9.17, 15) is 14.7 Å². The minimum atomic E-state index is -1.01. The molecule has 8 heteroatoms. The SMILES string of the molecule is COc1ccccc1[C@@H]1[C@H](C(=O)O)[C@@H](c2ccccc2OC)[C@H]1C(=O)Oc1ccccc1-c1ccc2c(c1)OCO2. The summed E-state index contributed by atoms with van der Waals surface area (Å²) in [6.45, 7) is 0.149. The second-order valence-electron chi connectivity index (χ2n) is 9.91. The Hall–Kier alpha value is -4.98. The van der Waals surface area contributed by atoms with Crippen LogP contribution in [0.1, 0.15) is 23.0 Å². The lowest BCUT2D eigenvalue weighted by Gasteiger charge is -2.49. The van der Waals surface area contributed by atoms with Gasteiger partial charge in [0.25, 0.3) is 0 Å². The molecule has 208 valence electrons. The molecule has 2 aliphatic rings. The summed E-state index contributed by atoms with van der Waals surface area (Å²) in [5.74, 6) is -2.03. The van der Waals surface area contributed by atoms with Crippen LogP contribution < -0.4 is 23.7 Å². The molecule has 1 aliphatic carbocycles. The van der Waals surface area contributed by atoms with E-state index in [1.54, 1.807) is 36.4 Å². The van der Waals surface area contributed by atoms with Crippen molar-refractivity contribution < 1.29 is 38.4 Å². The largest absolute Gasteiger partial charge is 0.496 e. The molecule has 1 fully saturated rings. The third kappa shape index (κ3) is 4.61. The molecular formula is C33H28O8. The number of benzene rings is 4. The number of carbonyl (C=O) groups excluding carboxylic acids is 1. The molecule has 1 aliphatic heterocycles. The zero-order valence-electron chi connectivity index (χ0n) is 22.5. The third-order valence-electron chi connectivity index (χ3n) is 7.88. The number of fused-ring (bicyclic) bond motifs is 1. The Morgan fingerprint density at radius 2 is 1.27 bits per heavy atom. The van der Waals surface area contributed by atoms with Gasteiger partial charge in [-0.15, -0.1) is 0 Å². The lowest BCUT2D eigenvalue weighted by molar-refractivity contribution is -0.158. The molecular weight excluding hydrogens is 524 g/mol. The van der Waals surface area contributed by atoms with E-state index < -0.39 is 35.6 Å². The average Bonchev–Trinajstić information content (AvgIpc) is 3.45. The van der Waals surface area contributed by atoms with Crippen LogP contribution in [0, 0.1) is 11.8 Å². The van der Waals surface area contributed by atoms with E-state index >= 15 is 0 Å². The van der Waals surface area contributed by atoms with Gasteiger partial charge >= 0.3 is 11.9 Å². The Morgan fingerprint density at radius 1 is 0.707 bits per heavy atom. The molecule has 8 nitrogen and oxygen atoms in total. The van der Waals surface area contributed by atoms with Crippen LogP contribution >= 0.6 is 0 Å². The predicted molar refractivity (Wildman–Crippen MR) is 150 cm³/mol. The van der Waals surface area contributed by atoms with Crippen molar-refractivity contribution in [1.82, 2.24) is 0 Å². The zero-order chi connectivity index (χ0) is 28.5. The molecule has 1 N–H and O–H groups in total. The van der Waals surface area contributed by atoms with E-state index in [0.29, 0.717) is 45.4 Å². The Kier molecular flexibility index (Phi) is 6.97. The van der Waals surface area contributed by atoms with Gasteiger partial charge in [-0.25, -0.2) is 0 Å². The number of esters is 1. The Balaban J connectivity index is 1.42. The summed E-state index contributed by atoms with van der Waals surface area (Å²) in [5.41, 5.74) is 2.76. The molecule has 41 heavy (non-hydrogen) atoms. The summed E-state index contributed by atoms with van der Waals surface area (Å²) in [4.78, 5) is 26.9. The number of methoxy groups -OCH3 is 2. The second kappa shape index (κ2) is 10.9. The van der Waals surface area contributed by atoms with E-state index in [1.807, 2.05) is 54.6 Å². The Labute approximate surface area is 237 Å². The van der Waals surface area contributed by atoms with Gasteiger partial charge in [0.2, 0.25) is 6.79 Å². The fourth-order valence-electron chi connectivity index (χ4n) is 6.04. The van der Waals surface area contributed by atoms with E-state index in [4.69, 9.17) is 23.7 Å². The molecule has 6 rings (SSSR count). The number of carboxylic acids is 1. The third-order valence-corrected chi connectivity index (χ3v) is 7.88. The number of ether oxygens (including phenoxy) is 5. The Morgan fingerprint density at radius 3 is 1.88 bits per heavy atom. The summed E-state index contributed by atoms with van der Waals surface area (Å²) in [7, 11) is 3.06. The second-order valence-corrected chi connectivity index (χ2v) is 9.91. The van der Waals surface area contributed by atoms with Crippen LogP contribution in [0.15, 0.2) is 91.0 Å². The highest BCUT2D eigenvalue weighted by atomic mass is 16.7. The summed E-state index contributed by atoms with van der Waals surface area (Å²) in [5, 5.41) is 10.4. The first-order valence-corrected chi connectivity index (χ1v) is 13.2. The van der Waals surface area contributed by atoms with Gasteiger partial charge in [-0.2, -0.15) is 0 Å². The summed E-state index contributed by atoms with van der Waals surface area (Å²) in [6, 6.07) is 27.1. The van der Waals surface area contributed by atoms with Crippen molar-refractivity contribution in [2.75, 3.05) is 21.0 Å². The molecule has 0 amide bonds. The van der Waals surface area contributed by atoms with Gasteiger partial charge in [0, 0.05) is 17.4 Å². The maximum absolute atomic E-state index is 14.2. The molecule has 0 spiro atoms. The number of para-hydroxylation sites is 3. The zero-order valence-corrected chi connectivity index (χ0v) is 22.5. The first kappa shape index (κ1) is 26.3. The first-order valence-electron chi connectivity index (χ1n) is 13.2. The van der Waals surface area contributed by atoms with Crippen LogP contribution in [0.25, 0.3) is 11.1 Å². The number of aliphatic carboxylic acids is 1. The highest BCUT2D eigenvalue weighted by Crippen LogP contribution is 2.60. The van der Waals surface area contributed by atoms with Crippen LogP contribution in [0.3, 0.4) is 0 Å². The van der Waals surface area contributed by atoms with E-state index in [-0.39, 0.29) is 6.79 Å². The van der Waals surface area contributed by atoms with Crippen LogP contribution in [0.5, 0.6) is 28.7 Å². The van der Waals surface area contributed by atoms with Crippen LogP contribution in [-0.2, 0) is 9.59 Å². The number of carboxylic acid groups (broad SMARTS) is 1. The summed E-state index contributed by atoms with van der Waals surface area (Å²) >= 11 is 0. The molecule has 4 aromatic rings. The van der Waals surface area contributed by atoms with Crippen molar-refractivity contribution in [1.29, 1.82) is 0 Å². The molecule has 1 heterocycles. The molecule has 0 unspecified atom stereocenters. The first-order chi connectivity index (χ1) is 20.0. The fraction of sp³-hybridized carbons (Fsp3) is 0.212. The fourth-order valence-corrected chi connectivity index (χ4v) is 6.04. The van der Waals surface area contributed by atoms with Crippen molar-refractivity contribution in [2.24, 2.45) is 11.8 Å². The van der Waals surface area contributed by atoms with E-state index in [0.717, 1.165) is 5.56 Å². The summed E-state index contributed by atoms with van der Waals surface area (Å²) in [6.07, 6.45) is 0. The standard InChI is InChI=1S/C33H28O8/c1-37-23-12-6-4-10-21(23)28-30(32(34)35)29(22-11-5-7-13-24(22)38-2)31(28)33(36)41-25-14-8-3-9-20(25)19-15-16-26-27(17-19)40-18-39-26/h3-17,28-31H,18H2,1-2H3,(H,34,35)/t28-,29-,30-,31-/m1/s1. The minimum absolute atomic E-state index is 0.149. The van der Waals surface area contributed by atoms with Gasteiger partial charge in [0.15, 0.2) is 11.5 Å². The maximum atomic E-state index is 14.2. The smallest absolute Gasteiger partial charge is 0.315 e. The van der Waals surface area contributed by atoms with Crippen molar-refractivity contribution in [2.45, 2.75) is 11.8 Å². The maximum Gasteiger partial charge on any atom is 0.315 e. The minimum Gasteiger partial charge on any atom is -0.496 e. The van der Waals surface area contributed by atoms with Gasteiger partial charge in [-0.3, -0.25) is 9.59 Å². The highest BCUT2D eigenvalue weighted by Gasteiger charge is 2.60. The molecule has 0 bridgehead atoms. The van der Waals surface area contributed by atoms with Crippen molar-refractivity contribution >= 4 is 11.9 Å². The lowest BCUT2D eigenvalue weighted by atomic mass is 9.52. The van der Waals surface area contributed by atoms with Gasteiger partial charge in [-0.05, 0) is 47.0 Å². The van der Waals surface area contributed by atoms with Crippen molar-refractivity contribution in [3.63, 3.8) is 0 Å². The molecule has 0 saturated heterocycles. The van der Waals surface area contributed by atoms with Crippen LogP contribution in [0.4, 0.5) is 0 Å². The number of rotatable bonds is 8. The summed E-state index contributed by atoms with van der Waals surface area (Å²) < 4.78 is 28.3. The monoisotopic (exact) mass is 552 g/mol. The van der Waals surface area contributed by atoms with Crippen molar-refractivity contribution in [3.05, 3.63) is 102 Å². The quantitative estimate of drug-likeness (QED) is 0.213. The number of hydrogen-bond acceptors (Lipinski definition) is 7. The molecule has 4 aromatic carbocycles. The highest BCUT2D eigenvalue weighted by molar-refractivity contribution is 5.87. The molecule has 0 aromatic heterocycles. The van der Waals surface area contributed by atoms with Crippen molar-refractivity contribution in [3.8, 4) is 39.9 Å². The van der Waals surface area contributed by atoms with Gasteiger partial charge in [-0.1, -0.05) is 60.7 Å². The topological polar surface area (TPSA) is 101 Å². The number of carbonyl (C=O) groups is 2.